The minimum Gasteiger partial charge on any atom is -0.373 e. The van der Waals surface area contributed by atoms with Crippen LogP contribution in [0.25, 0.3) is 0 Å². The Labute approximate surface area is 147 Å². The Morgan fingerprint density at radius 2 is 1.58 bits per heavy atom. The van der Waals surface area contributed by atoms with Crippen LogP contribution < -0.4 is 10.6 Å². The summed E-state index contributed by atoms with van der Waals surface area (Å²) in [6, 6.07) is 0.333. The standard InChI is InChI=1S/C19H37N3O2/c1-15-12-22(13-16(2)24-15)19(3,4)14-20-18(23)21-17-10-8-6-5-7-9-11-17/h15-17H,5-14H2,1-4H3,(H2,20,21,23). The van der Waals surface area contributed by atoms with Crippen LogP contribution in [-0.4, -0.2) is 54.4 Å². The van der Waals surface area contributed by atoms with Crippen molar-refractivity contribution in [3.05, 3.63) is 0 Å². The molecule has 0 aromatic carbocycles. The van der Waals surface area contributed by atoms with Crippen LogP contribution in [0.2, 0.25) is 0 Å². The Balaban J connectivity index is 1.76. The summed E-state index contributed by atoms with van der Waals surface area (Å²) in [6.45, 7) is 11.1. The average molecular weight is 340 g/mol. The molecule has 0 spiro atoms. The Hall–Kier alpha value is -0.810. The summed E-state index contributed by atoms with van der Waals surface area (Å²) in [6.07, 6.45) is 9.17. The zero-order chi connectivity index (χ0) is 17.6. The third-order valence-corrected chi connectivity index (χ3v) is 5.40. The molecule has 2 N–H and O–H groups in total. The summed E-state index contributed by atoms with van der Waals surface area (Å²) >= 11 is 0. The summed E-state index contributed by atoms with van der Waals surface area (Å²) in [7, 11) is 0. The molecule has 2 atom stereocenters. The molecular formula is C19H37N3O2. The van der Waals surface area contributed by atoms with Gasteiger partial charge in [-0.15, -0.1) is 0 Å². The number of carbonyl (C=O) groups excluding carboxylic acids is 1. The molecular weight excluding hydrogens is 302 g/mol. The molecule has 2 amide bonds. The fraction of sp³-hybridized carbons (Fsp3) is 0.947. The van der Waals surface area contributed by atoms with E-state index in [1.165, 1.54) is 32.1 Å². The Bertz CT molecular complexity index is 382. The molecule has 1 heterocycles. The van der Waals surface area contributed by atoms with Crippen molar-refractivity contribution < 1.29 is 9.53 Å². The van der Waals surface area contributed by atoms with Gasteiger partial charge in [-0.2, -0.15) is 0 Å². The molecule has 1 aliphatic carbocycles. The van der Waals surface area contributed by atoms with E-state index >= 15 is 0 Å². The number of amides is 2. The van der Waals surface area contributed by atoms with E-state index in [9.17, 15) is 4.79 Å². The average Bonchev–Trinajstić information content (AvgIpc) is 2.47. The summed E-state index contributed by atoms with van der Waals surface area (Å²) in [5.74, 6) is 0. The van der Waals surface area contributed by atoms with Gasteiger partial charge in [0.25, 0.3) is 0 Å². The molecule has 0 aromatic heterocycles. The summed E-state index contributed by atoms with van der Waals surface area (Å²) < 4.78 is 5.82. The van der Waals surface area contributed by atoms with E-state index in [2.05, 4.69) is 43.2 Å². The maximum absolute atomic E-state index is 12.3. The van der Waals surface area contributed by atoms with Crippen LogP contribution in [0.3, 0.4) is 0 Å². The van der Waals surface area contributed by atoms with Crippen molar-refractivity contribution in [1.82, 2.24) is 15.5 Å². The smallest absolute Gasteiger partial charge is 0.315 e. The topological polar surface area (TPSA) is 53.6 Å². The fourth-order valence-electron chi connectivity index (χ4n) is 3.92. The van der Waals surface area contributed by atoms with Crippen LogP contribution in [0.4, 0.5) is 4.79 Å². The van der Waals surface area contributed by atoms with Crippen molar-refractivity contribution in [1.29, 1.82) is 0 Å². The lowest BCUT2D eigenvalue weighted by Gasteiger charge is -2.45. The third kappa shape index (κ3) is 6.25. The van der Waals surface area contributed by atoms with E-state index in [0.717, 1.165) is 25.9 Å². The maximum Gasteiger partial charge on any atom is 0.315 e. The number of morpholine rings is 1. The van der Waals surface area contributed by atoms with Crippen LogP contribution >= 0.6 is 0 Å². The lowest BCUT2D eigenvalue weighted by Crippen LogP contribution is -2.59. The van der Waals surface area contributed by atoms with E-state index in [0.29, 0.717) is 12.6 Å². The predicted molar refractivity (Wildman–Crippen MR) is 98.3 cm³/mol. The molecule has 2 aliphatic rings. The van der Waals surface area contributed by atoms with Gasteiger partial charge in [0.05, 0.1) is 12.2 Å². The third-order valence-electron chi connectivity index (χ3n) is 5.40. The molecule has 2 fully saturated rings. The molecule has 0 aromatic rings. The number of carbonyl (C=O) groups is 1. The predicted octanol–water partition coefficient (Wildman–Crippen LogP) is 3.29. The molecule has 5 heteroatoms. The molecule has 0 bridgehead atoms. The number of urea groups is 1. The molecule has 1 saturated carbocycles. The number of rotatable bonds is 4. The first-order valence-electron chi connectivity index (χ1n) is 9.82. The van der Waals surface area contributed by atoms with Crippen molar-refractivity contribution >= 4 is 6.03 Å². The zero-order valence-electron chi connectivity index (χ0n) is 16.1. The van der Waals surface area contributed by atoms with Crippen molar-refractivity contribution in [2.75, 3.05) is 19.6 Å². The van der Waals surface area contributed by atoms with Crippen LogP contribution in [0.1, 0.15) is 72.6 Å². The van der Waals surface area contributed by atoms with Crippen molar-refractivity contribution in [2.24, 2.45) is 0 Å². The first-order chi connectivity index (χ1) is 11.4. The number of ether oxygens (including phenoxy) is 1. The molecule has 2 unspecified atom stereocenters. The molecule has 1 aliphatic heterocycles. The normalized spacial score (nSPS) is 28.0. The van der Waals surface area contributed by atoms with E-state index in [1.807, 2.05) is 0 Å². The molecule has 140 valence electrons. The van der Waals surface area contributed by atoms with Gasteiger partial charge in [0.1, 0.15) is 0 Å². The molecule has 5 nitrogen and oxygen atoms in total. The summed E-state index contributed by atoms with van der Waals surface area (Å²) in [5.41, 5.74) is -0.0649. The molecule has 2 rings (SSSR count). The van der Waals surface area contributed by atoms with E-state index < -0.39 is 0 Å². The quantitative estimate of drug-likeness (QED) is 0.826. The van der Waals surface area contributed by atoms with Crippen LogP contribution in [0, 0.1) is 0 Å². The maximum atomic E-state index is 12.3. The van der Waals surface area contributed by atoms with Gasteiger partial charge in [0, 0.05) is 31.2 Å². The highest BCUT2D eigenvalue weighted by Gasteiger charge is 2.33. The largest absolute Gasteiger partial charge is 0.373 e. The van der Waals surface area contributed by atoms with Crippen LogP contribution in [-0.2, 0) is 4.74 Å². The lowest BCUT2D eigenvalue weighted by atomic mass is 9.97. The van der Waals surface area contributed by atoms with Gasteiger partial charge < -0.3 is 15.4 Å². The van der Waals surface area contributed by atoms with Crippen molar-refractivity contribution in [3.8, 4) is 0 Å². The van der Waals surface area contributed by atoms with Gasteiger partial charge in [-0.05, 0) is 40.5 Å². The van der Waals surface area contributed by atoms with Gasteiger partial charge in [0.2, 0.25) is 0 Å². The number of nitrogens with one attached hydrogen (secondary N) is 2. The second kappa shape index (κ2) is 9.04. The van der Waals surface area contributed by atoms with Crippen molar-refractivity contribution in [2.45, 2.75) is 96.4 Å². The van der Waals surface area contributed by atoms with Gasteiger partial charge in [-0.25, -0.2) is 4.79 Å². The Kier molecular flexibility index (Phi) is 7.35. The van der Waals surface area contributed by atoms with Gasteiger partial charge in [-0.3, -0.25) is 4.90 Å². The Morgan fingerprint density at radius 3 is 2.17 bits per heavy atom. The SMILES string of the molecule is CC1CN(C(C)(C)CNC(=O)NC2CCCCCCC2)CC(C)O1. The minimum atomic E-state index is -0.0649. The number of hydrogen-bond acceptors (Lipinski definition) is 3. The van der Waals surface area contributed by atoms with E-state index in [-0.39, 0.29) is 23.8 Å². The minimum absolute atomic E-state index is 0.0111. The Morgan fingerprint density at radius 1 is 1.04 bits per heavy atom. The first kappa shape index (κ1) is 19.5. The van der Waals surface area contributed by atoms with E-state index in [4.69, 9.17) is 4.74 Å². The molecule has 0 radical (unpaired) electrons. The number of nitrogens with zero attached hydrogens (tertiary/aromatic N) is 1. The van der Waals surface area contributed by atoms with Gasteiger partial charge in [0.15, 0.2) is 0 Å². The monoisotopic (exact) mass is 339 g/mol. The van der Waals surface area contributed by atoms with E-state index in [1.54, 1.807) is 0 Å². The zero-order valence-corrected chi connectivity index (χ0v) is 16.1. The second-order valence-corrected chi connectivity index (χ2v) is 8.34. The highest BCUT2D eigenvalue weighted by Crippen LogP contribution is 2.21. The van der Waals surface area contributed by atoms with Crippen LogP contribution in [0.5, 0.6) is 0 Å². The summed E-state index contributed by atoms with van der Waals surface area (Å²) in [4.78, 5) is 14.7. The number of hydrogen-bond donors (Lipinski definition) is 2. The van der Waals surface area contributed by atoms with Crippen molar-refractivity contribution in [3.63, 3.8) is 0 Å². The van der Waals surface area contributed by atoms with Gasteiger partial charge in [-0.1, -0.05) is 32.1 Å². The highest BCUT2D eigenvalue weighted by molar-refractivity contribution is 5.74. The fourth-order valence-corrected chi connectivity index (χ4v) is 3.92. The van der Waals surface area contributed by atoms with Gasteiger partial charge >= 0.3 is 6.03 Å². The second-order valence-electron chi connectivity index (χ2n) is 8.34. The molecule has 24 heavy (non-hydrogen) atoms. The first-order valence-corrected chi connectivity index (χ1v) is 9.82. The highest BCUT2D eigenvalue weighted by atomic mass is 16.5. The summed E-state index contributed by atoms with van der Waals surface area (Å²) in [5, 5.41) is 6.29. The molecule has 1 saturated heterocycles. The lowest BCUT2D eigenvalue weighted by molar-refractivity contribution is -0.0947. The van der Waals surface area contributed by atoms with Crippen LogP contribution in [0.15, 0.2) is 0 Å².